The van der Waals surface area contributed by atoms with Crippen LogP contribution in [0.15, 0.2) is 16.5 Å². The fraction of sp³-hybridized carbons (Fsp3) is 0.733. The van der Waals surface area contributed by atoms with Gasteiger partial charge in [-0.3, -0.25) is 4.90 Å². The highest BCUT2D eigenvalue weighted by Gasteiger charge is 2.24. The molecule has 1 aliphatic rings. The molecule has 0 amide bonds. The van der Waals surface area contributed by atoms with Crippen LogP contribution in [0.1, 0.15) is 44.3 Å². The average molecular weight is 250 g/mol. The topological polar surface area (TPSA) is 28.4 Å². The summed E-state index contributed by atoms with van der Waals surface area (Å²) in [5, 5.41) is 3.46. The monoisotopic (exact) mass is 250 g/mol. The van der Waals surface area contributed by atoms with Crippen LogP contribution in [-0.2, 0) is 0 Å². The molecule has 1 aromatic rings. The highest BCUT2D eigenvalue weighted by molar-refractivity contribution is 5.09. The summed E-state index contributed by atoms with van der Waals surface area (Å²) in [4.78, 5) is 2.54. The molecule has 0 saturated carbocycles. The van der Waals surface area contributed by atoms with Crippen molar-refractivity contribution < 1.29 is 4.42 Å². The Bertz CT molecular complexity index is 353. The van der Waals surface area contributed by atoms with Gasteiger partial charge in [0.15, 0.2) is 0 Å². The zero-order chi connectivity index (χ0) is 13.0. The van der Waals surface area contributed by atoms with Crippen LogP contribution in [0.5, 0.6) is 0 Å². The first kappa shape index (κ1) is 13.6. The number of nitrogens with zero attached hydrogens (tertiary/aromatic N) is 1. The number of hydrogen-bond acceptors (Lipinski definition) is 3. The smallest absolute Gasteiger partial charge is 0.121 e. The van der Waals surface area contributed by atoms with Gasteiger partial charge in [0.2, 0.25) is 0 Å². The van der Waals surface area contributed by atoms with Crippen molar-refractivity contribution in [3.05, 3.63) is 23.7 Å². The largest absolute Gasteiger partial charge is 0.465 e. The number of nitrogens with one attached hydrogen (secondary N) is 1. The number of furan rings is 1. The molecule has 2 heterocycles. The molecule has 102 valence electrons. The molecule has 18 heavy (non-hydrogen) atoms. The quantitative estimate of drug-likeness (QED) is 0.871. The molecule has 1 atom stereocenters. The summed E-state index contributed by atoms with van der Waals surface area (Å²) in [5.74, 6) is 2.98. The number of rotatable bonds is 5. The minimum atomic E-state index is 0.416. The van der Waals surface area contributed by atoms with Gasteiger partial charge in [-0.05, 0) is 70.9 Å². The summed E-state index contributed by atoms with van der Waals surface area (Å²) < 4.78 is 5.74. The van der Waals surface area contributed by atoms with E-state index in [2.05, 4.69) is 36.2 Å². The number of aryl methyl sites for hydroxylation is 1. The molecule has 1 N–H and O–H groups in total. The fourth-order valence-corrected chi connectivity index (χ4v) is 2.75. The maximum absolute atomic E-state index is 5.74. The predicted molar refractivity (Wildman–Crippen MR) is 74.7 cm³/mol. The molecule has 2 rings (SSSR count). The van der Waals surface area contributed by atoms with Crippen LogP contribution in [0.25, 0.3) is 0 Å². The molecule has 1 aliphatic heterocycles. The SMILES string of the molecule is CCNCC1CCN(C(C)c2ccc(C)o2)CC1. The molecule has 1 aromatic heterocycles. The van der Waals surface area contributed by atoms with Crippen LogP contribution in [0, 0.1) is 12.8 Å². The van der Waals surface area contributed by atoms with Crippen molar-refractivity contribution in [3.63, 3.8) is 0 Å². The lowest BCUT2D eigenvalue weighted by Crippen LogP contribution is -2.38. The number of hydrogen-bond donors (Lipinski definition) is 1. The van der Waals surface area contributed by atoms with E-state index in [9.17, 15) is 0 Å². The van der Waals surface area contributed by atoms with Gasteiger partial charge in [-0.2, -0.15) is 0 Å². The van der Waals surface area contributed by atoms with E-state index >= 15 is 0 Å². The zero-order valence-corrected chi connectivity index (χ0v) is 11.9. The summed E-state index contributed by atoms with van der Waals surface area (Å²) in [6.45, 7) is 11.1. The van der Waals surface area contributed by atoms with Crippen molar-refractivity contribution in [1.29, 1.82) is 0 Å². The average Bonchev–Trinajstić information content (AvgIpc) is 2.83. The van der Waals surface area contributed by atoms with Crippen LogP contribution in [0.4, 0.5) is 0 Å². The molecule has 1 saturated heterocycles. The third kappa shape index (κ3) is 3.36. The van der Waals surface area contributed by atoms with E-state index < -0.39 is 0 Å². The molecule has 0 bridgehead atoms. The van der Waals surface area contributed by atoms with Crippen molar-refractivity contribution in [2.45, 2.75) is 39.7 Å². The molecule has 1 fully saturated rings. The summed E-state index contributed by atoms with van der Waals surface area (Å²) in [6.07, 6.45) is 2.61. The Balaban J connectivity index is 1.82. The van der Waals surface area contributed by atoms with Crippen LogP contribution < -0.4 is 5.32 Å². The summed E-state index contributed by atoms with van der Waals surface area (Å²) in [7, 11) is 0. The molecule has 0 aromatic carbocycles. The maximum atomic E-state index is 5.74. The summed E-state index contributed by atoms with van der Waals surface area (Å²) >= 11 is 0. The van der Waals surface area contributed by atoms with Gasteiger partial charge in [-0.25, -0.2) is 0 Å². The third-order valence-corrected chi connectivity index (χ3v) is 4.05. The second-order valence-electron chi connectivity index (χ2n) is 5.41. The zero-order valence-electron chi connectivity index (χ0n) is 11.9. The van der Waals surface area contributed by atoms with Crippen molar-refractivity contribution in [1.82, 2.24) is 10.2 Å². The standard InChI is InChI=1S/C15H26N2O/c1-4-16-11-14-7-9-17(10-8-14)13(3)15-6-5-12(2)18-15/h5-6,13-14,16H,4,7-11H2,1-3H3. The Labute approximate surface area is 111 Å². The van der Waals surface area contributed by atoms with Gasteiger partial charge in [-0.15, -0.1) is 0 Å². The first-order chi connectivity index (χ1) is 8.70. The van der Waals surface area contributed by atoms with Crippen LogP contribution in [-0.4, -0.2) is 31.1 Å². The van der Waals surface area contributed by atoms with E-state index in [0.29, 0.717) is 6.04 Å². The normalized spacial score (nSPS) is 20.2. The lowest BCUT2D eigenvalue weighted by molar-refractivity contribution is 0.127. The second kappa shape index (κ2) is 6.39. The highest BCUT2D eigenvalue weighted by atomic mass is 16.3. The lowest BCUT2D eigenvalue weighted by atomic mass is 9.95. The molecule has 3 heteroatoms. The van der Waals surface area contributed by atoms with Gasteiger partial charge in [0.25, 0.3) is 0 Å². The number of piperidine rings is 1. The van der Waals surface area contributed by atoms with Gasteiger partial charge in [0, 0.05) is 0 Å². The molecule has 0 spiro atoms. The van der Waals surface area contributed by atoms with Gasteiger partial charge >= 0.3 is 0 Å². The van der Waals surface area contributed by atoms with E-state index in [-0.39, 0.29) is 0 Å². The minimum absolute atomic E-state index is 0.416. The van der Waals surface area contributed by atoms with E-state index in [0.717, 1.165) is 24.0 Å². The van der Waals surface area contributed by atoms with E-state index in [1.54, 1.807) is 0 Å². The maximum Gasteiger partial charge on any atom is 0.121 e. The number of likely N-dealkylation sites (tertiary alicyclic amines) is 1. The second-order valence-corrected chi connectivity index (χ2v) is 5.41. The lowest BCUT2D eigenvalue weighted by Gasteiger charge is -2.35. The minimum Gasteiger partial charge on any atom is -0.465 e. The van der Waals surface area contributed by atoms with Crippen LogP contribution in [0.3, 0.4) is 0 Å². The summed E-state index contributed by atoms with van der Waals surface area (Å²) in [6, 6.07) is 4.59. The van der Waals surface area contributed by atoms with Crippen LogP contribution >= 0.6 is 0 Å². The predicted octanol–water partition coefficient (Wildman–Crippen LogP) is 2.97. The Morgan fingerprint density at radius 2 is 2.11 bits per heavy atom. The van der Waals surface area contributed by atoms with Crippen LogP contribution in [0.2, 0.25) is 0 Å². The van der Waals surface area contributed by atoms with Crippen molar-refractivity contribution in [2.75, 3.05) is 26.2 Å². The first-order valence-corrected chi connectivity index (χ1v) is 7.21. The van der Waals surface area contributed by atoms with Gasteiger partial charge < -0.3 is 9.73 Å². The fourth-order valence-electron chi connectivity index (χ4n) is 2.75. The Morgan fingerprint density at radius 3 is 2.67 bits per heavy atom. The van der Waals surface area contributed by atoms with Crippen molar-refractivity contribution in [2.24, 2.45) is 5.92 Å². The van der Waals surface area contributed by atoms with Crippen molar-refractivity contribution in [3.8, 4) is 0 Å². The van der Waals surface area contributed by atoms with Crippen molar-refractivity contribution >= 4 is 0 Å². The molecule has 0 radical (unpaired) electrons. The summed E-state index contributed by atoms with van der Waals surface area (Å²) in [5.41, 5.74) is 0. The Hall–Kier alpha value is -0.800. The molecule has 0 aliphatic carbocycles. The van der Waals surface area contributed by atoms with E-state index in [4.69, 9.17) is 4.42 Å². The third-order valence-electron chi connectivity index (χ3n) is 4.05. The Morgan fingerprint density at radius 1 is 1.39 bits per heavy atom. The molecule has 3 nitrogen and oxygen atoms in total. The molecular formula is C15H26N2O. The van der Waals surface area contributed by atoms with E-state index in [1.807, 2.05) is 6.92 Å². The van der Waals surface area contributed by atoms with Gasteiger partial charge in [-0.1, -0.05) is 6.92 Å². The first-order valence-electron chi connectivity index (χ1n) is 7.21. The van der Waals surface area contributed by atoms with Gasteiger partial charge in [0.05, 0.1) is 6.04 Å². The molecule has 1 unspecified atom stereocenters. The van der Waals surface area contributed by atoms with Gasteiger partial charge in [0.1, 0.15) is 11.5 Å². The highest BCUT2D eigenvalue weighted by Crippen LogP contribution is 2.27. The van der Waals surface area contributed by atoms with E-state index in [1.165, 1.54) is 32.5 Å². The Kier molecular flexibility index (Phi) is 4.84. The molecular weight excluding hydrogens is 224 g/mol.